The second-order valence-electron chi connectivity index (χ2n) is 6.57. The highest BCUT2D eigenvalue weighted by Gasteiger charge is 2.36. The molecule has 0 atom stereocenters. The van der Waals surface area contributed by atoms with Gasteiger partial charge < -0.3 is 10.1 Å². The third-order valence-corrected chi connectivity index (χ3v) is 5.09. The number of amides is 3. The van der Waals surface area contributed by atoms with Crippen molar-refractivity contribution in [2.24, 2.45) is 0 Å². The monoisotopic (exact) mass is 410 g/mol. The Morgan fingerprint density at radius 2 is 1.86 bits per heavy atom. The number of carbonyl (C=O) groups is 3. The van der Waals surface area contributed by atoms with Gasteiger partial charge in [-0.1, -0.05) is 42.8 Å². The van der Waals surface area contributed by atoms with Crippen LogP contribution in [-0.2, 0) is 9.59 Å². The standard InChI is InChI=1S/C22H22N2O4S/c1-3-12-28-18-7-5-4-6-16(18)13-19-21(26)24(22(27)29-19)14-20(25)23-17-10-8-15(2)9-11-17/h4-11,13H,3,12,14H2,1-2H3,(H,23,25)/b19-13+. The zero-order valence-corrected chi connectivity index (χ0v) is 17.1. The molecular formula is C22H22N2O4S. The zero-order chi connectivity index (χ0) is 20.8. The van der Waals surface area contributed by atoms with Crippen LogP contribution >= 0.6 is 11.8 Å². The Morgan fingerprint density at radius 3 is 2.59 bits per heavy atom. The van der Waals surface area contributed by atoms with Gasteiger partial charge in [0.25, 0.3) is 11.1 Å². The van der Waals surface area contributed by atoms with E-state index in [0.29, 0.717) is 18.0 Å². The van der Waals surface area contributed by atoms with E-state index in [-0.39, 0.29) is 11.4 Å². The average Bonchev–Trinajstić information content (AvgIpc) is 2.96. The summed E-state index contributed by atoms with van der Waals surface area (Å²) in [6, 6.07) is 14.6. The molecule has 1 N–H and O–H groups in total. The first-order valence-electron chi connectivity index (χ1n) is 9.31. The van der Waals surface area contributed by atoms with Crippen LogP contribution in [0.5, 0.6) is 5.75 Å². The van der Waals surface area contributed by atoms with E-state index >= 15 is 0 Å². The van der Waals surface area contributed by atoms with Crippen LogP contribution in [0.3, 0.4) is 0 Å². The van der Waals surface area contributed by atoms with Crippen LogP contribution in [-0.4, -0.2) is 35.1 Å². The van der Waals surface area contributed by atoms with Gasteiger partial charge in [0.15, 0.2) is 0 Å². The van der Waals surface area contributed by atoms with Crippen LogP contribution in [0.1, 0.15) is 24.5 Å². The molecule has 0 aliphatic carbocycles. The lowest BCUT2D eigenvalue weighted by atomic mass is 10.2. The first kappa shape index (κ1) is 20.7. The molecule has 29 heavy (non-hydrogen) atoms. The lowest BCUT2D eigenvalue weighted by Gasteiger charge is -2.12. The van der Waals surface area contributed by atoms with Gasteiger partial charge in [0.1, 0.15) is 12.3 Å². The summed E-state index contributed by atoms with van der Waals surface area (Å²) in [5, 5.41) is 2.23. The van der Waals surface area contributed by atoms with Crippen LogP contribution in [0.25, 0.3) is 6.08 Å². The summed E-state index contributed by atoms with van der Waals surface area (Å²) in [6.45, 7) is 4.19. The number of benzene rings is 2. The van der Waals surface area contributed by atoms with E-state index in [4.69, 9.17) is 4.74 Å². The fraction of sp³-hybridized carbons (Fsp3) is 0.227. The molecule has 1 heterocycles. The molecule has 1 aliphatic heterocycles. The fourth-order valence-corrected chi connectivity index (χ4v) is 3.53. The van der Waals surface area contributed by atoms with E-state index in [1.54, 1.807) is 18.2 Å². The van der Waals surface area contributed by atoms with E-state index in [0.717, 1.165) is 34.2 Å². The lowest BCUT2D eigenvalue weighted by Crippen LogP contribution is -2.36. The van der Waals surface area contributed by atoms with Gasteiger partial charge in [-0.2, -0.15) is 0 Å². The van der Waals surface area contributed by atoms with Crippen molar-refractivity contribution < 1.29 is 19.1 Å². The fourth-order valence-electron chi connectivity index (χ4n) is 2.70. The van der Waals surface area contributed by atoms with Crippen LogP contribution in [0, 0.1) is 6.92 Å². The summed E-state index contributed by atoms with van der Waals surface area (Å²) in [5.41, 5.74) is 2.41. The highest BCUT2D eigenvalue weighted by atomic mass is 32.2. The van der Waals surface area contributed by atoms with Gasteiger partial charge in [0, 0.05) is 11.3 Å². The number of thioether (sulfide) groups is 1. The highest BCUT2D eigenvalue weighted by molar-refractivity contribution is 8.18. The molecule has 150 valence electrons. The quantitative estimate of drug-likeness (QED) is 0.682. The maximum Gasteiger partial charge on any atom is 0.294 e. The summed E-state index contributed by atoms with van der Waals surface area (Å²) in [7, 11) is 0. The maximum atomic E-state index is 12.7. The number of nitrogens with one attached hydrogen (secondary N) is 1. The number of ether oxygens (including phenoxy) is 1. The molecule has 0 radical (unpaired) electrons. The normalized spacial score (nSPS) is 15.1. The molecule has 3 rings (SSSR count). The number of hydrogen-bond acceptors (Lipinski definition) is 5. The van der Waals surface area contributed by atoms with Crippen molar-refractivity contribution in [3.63, 3.8) is 0 Å². The number of para-hydroxylation sites is 1. The molecular weight excluding hydrogens is 388 g/mol. The molecule has 0 saturated carbocycles. The Morgan fingerprint density at radius 1 is 1.14 bits per heavy atom. The second-order valence-corrected chi connectivity index (χ2v) is 7.56. The van der Waals surface area contributed by atoms with Crippen molar-refractivity contribution in [1.29, 1.82) is 0 Å². The molecule has 0 bridgehead atoms. The molecule has 1 fully saturated rings. The van der Waals surface area contributed by atoms with Gasteiger partial charge in [0.2, 0.25) is 5.91 Å². The predicted octanol–water partition coefficient (Wildman–Crippen LogP) is 4.46. The Bertz CT molecular complexity index is 954. The summed E-state index contributed by atoms with van der Waals surface area (Å²) in [4.78, 5) is 38.5. The van der Waals surface area contributed by atoms with Crippen molar-refractivity contribution in [3.05, 3.63) is 64.6 Å². The minimum absolute atomic E-state index is 0.269. The summed E-state index contributed by atoms with van der Waals surface area (Å²) in [5.74, 6) is -0.258. The zero-order valence-electron chi connectivity index (χ0n) is 16.3. The van der Waals surface area contributed by atoms with Crippen LogP contribution < -0.4 is 10.1 Å². The molecule has 0 unspecified atom stereocenters. The molecule has 1 saturated heterocycles. The van der Waals surface area contributed by atoms with Gasteiger partial charge in [-0.3, -0.25) is 19.3 Å². The summed E-state index contributed by atoms with van der Waals surface area (Å²) in [6.07, 6.45) is 2.49. The molecule has 0 aromatic heterocycles. The smallest absolute Gasteiger partial charge is 0.294 e. The van der Waals surface area contributed by atoms with Gasteiger partial charge in [-0.25, -0.2) is 0 Å². The average molecular weight is 410 g/mol. The van der Waals surface area contributed by atoms with Crippen molar-refractivity contribution in [2.75, 3.05) is 18.5 Å². The topological polar surface area (TPSA) is 75.7 Å². The second kappa shape index (κ2) is 9.43. The van der Waals surface area contributed by atoms with E-state index in [9.17, 15) is 14.4 Å². The Labute approximate surface area is 173 Å². The van der Waals surface area contributed by atoms with Crippen molar-refractivity contribution in [2.45, 2.75) is 20.3 Å². The Kier molecular flexibility index (Phi) is 6.72. The van der Waals surface area contributed by atoms with Crippen molar-refractivity contribution in [1.82, 2.24) is 4.90 Å². The van der Waals surface area contributed by atoms with Crippen LogP contribution in [0.2, 0.25) is 0 Å². The number of aryl methyl sites for hydroxylation is 1. The number of carbonyl (C=O) groups excluding carboxylic acids is 3. The first-order valence-corrected chi connectivity index (χ1v) is 10.1. The maximum absolute atomic E-state index is 12.7. The third kappa shape index (κ3) is 5.26. The molecule has 0 spiro atoms. The largest absolute Gasteiger partial charge is 0.493 e. The third-order valence-electron chi connectivity index (χ3n) is 4.18. The SMILES string of the molecule is CCCOc1ccccc1/C=C1/SC(=O)N(CC(=O)Nc2ccc(C)cc2)C1=O. The number of imide groups is 1. The first-order chi connectivity index (χ1) is 14.0. The van der Waals surface area contributed by atoms with Gasteiger partial charge in [-0.05, 0) is 49.4 Å². The summed E-state index contributed by atoms with van der Waals surface area (Å²) >= 11 is 0.822. The van der Waals surface area contributed by atoms with E-state index in [1.165, 1.54) is 0 Å². The molecule has 2 aromatic carbocycles. The molecule has 3 amide bonds. The minimum atomic E-state index is -0.482. The molecule has 6 nitrogen and oxygen atoms in total. The Balaban J connectivity index is 1.70. The number of hydrogen-bond donors (Lipinski definition) is 1. The Hall–Kier alpha value is -3.06. The predicted molar refractivity (Wildman–Crippen MR) is 115 cm³/mol. The van der Waals surface area contributed by atoms with Gasteiger partial charge >= 0.3 is 0 Å². The van der Waals surface area contributed by atoms with Crippen molar-refractivity contribution in [3.8, 4) is 5.75 Å². The van der Waals surface area contributed by atoms with Crippen LogP contribution in [0.15, 0.2) is 53.4 Å². The highest BCUT2D eigenvalue weighted by Crippen LogP contribution is 2.33. The lowest BCUT2D eigenvalue weighted by molar-refractivity contribution is -0.127. The van der Waals surface area contributed by atoms with E-state index in [2.05, 4.69) is 5.32 Å². The minimum Gasteiger partial charge on any atom is -0.493 e. The van der Waals surface area contributed by atoms with Crippen LogP contribution in [0.4, 0.5) is 10.5 Å². The van der Waals surface area contributed by atoms with E-state index < -0.39 is 17.1 Å². The number of anilines is 1. The molecule has 1 aliphatic rings. The molecule has 2 aromatic rings. The van der Waals surface area contributed by atoms with Crippen molar-refractivity contribution >= 4 is 40.6 Å². The molecule has 7 heteroatoms. The van der Waals surface area contributed by atoms with E-state index in [1.807, 2.05) is 50.2 Å². The number of nitrogens with zero attached hydrogens (tertiary/aromatic N) is 1. The van der Waals surface area contributed by atoms with Gasteiger partial charge in [0.05, 0.1) is 11.5 Å². The number of rotatable bonds is 7. The summed E-state index contributed by atoms with van der Waals surface area (Å²) < 4.78 is 5.70. The van der Waals surface area contributed by atoms with Gasteiger partial charge in [-0.15, -0.1) is 0 Å².